The van der Waals surface area contributed by atoms with Crippen LogP contribution >= 0.6 is 23.5 Å². The SMILES string of the molecule is CC(=CC1CSCSC1)C(=O)O. The number of carbonyl (C=O) groups is 1. The summed E-state index contributed by atoms with van der Waals surface area (Å²) < 4.78 is 0. The third-order valence-corrected chi connectivity index (χ3v) is 4.31. The Kier molecular flexibility index (Phi) is 4.01. The summed E-state index contributed by atoms with van der Waals surface area (Å²) in [5.74, 6) is 1.79. The molecule has 0 saturated carbocycles. The zero-order valence-corrected chi connectivity index (χ0v) is 8.58. The highest BCUT2D eigenvalue weighted by Gasteiger charge is 2.13. The lowest BCUT2D eigenvalue weighted by atomic mass is 10.1. The van der Waals surface area contributed by atoms with E-state index < -0.39 is 5.97 Å². The van der Waals surface area contributed by atoms with Crippen LogP contribution in [-0.2, 0) is 4.79 Å². The molecular formula is C8H12O2S2. The minimum Gasteiger partial charge on any atom is -0.478 e. The van der Waals surface area contributed by atoms with Crippen molar-refractivity contribution in [1.29, 1.82) is 0 Å². The maximum Gasteiger partial charge on any atom is 0.330 e. The number of hydrogen-bond donors (Lipinski definition) is 1. The first-order valence-electron chi connectivity index (χ1n) is 3.77. The largest absolute Gasteiger partial charge is 0.478 e. The van der Waals surface area contributed by atoms with Crippen molar-refractivity contribution in [2.75, 3.05) is 16.6 Å². The van der Waals surface area contributed by atoms with Gasteiger partial charge in [0, 0.05) is 22.2 Å². The Hall–Kier alpha value is -0.0900. The molecule has 1 aliphatic rings. The molecule has 68 valence electrons. The Morgan fingerprint density at radius 3 is 2.58 bits per heavy atom. The normalized spacial score (nSPS) is 20.9. The molecule has 0 aromatic rings. The number of rotatable bonds is 2. The standard InChI is InChI=1S/C8H12O2S2/c1-6(8(9)10)2-7-3-11-5-12-4-7/h2,7H,3-5H2,1H3,(H,9,10). The van der Waals surface area contributed by atoms with Crippen molar-refractivity contribution in [3.8, 4) is 0 Å². The Bertz CT molecular complexity index is 195. The number of hydrogen-bond acceptors (Lipinski definition) is 3. The van der Waals surface area contributed by atoms with Gasteiger partial charge in [0.1, 0.15) is 0 Å². The molecule has 0 spiro atoms. The summed E-state index contributed by atoms with van der Waals surface area (Å²) in [5.41, 5.74) is 0.475. The van der Waals surface area contributed by atoms with Crippen LogP contribution in [0.1, 0.15) is 6.92 Å². The lowest BCUT2D eigenvalue weighted by Crippen LogP contribution is -2.11. The molecule has 1 N–H and O–H groups in total. The highest BCUT2D eigenvalue weighted by Crippen LogP contribution is 2.26. The van der Waals surface area contributed by atoms with Crippen molar-refractivity contribution in [1.82, 2.24) is 0 Å². The molecule has 0 atom stereocenters. The van der Waals surface area contributed by atoms with Gasteiger partial charge in [-0.25, -0.2) is 4.79 Å². The molecule has 0 amide bonds. The van der Waals surface area contributed by atoms with Crippen molar-refractivity contribution in [3.05, 3.63) is 11.6 Å². The summed E-state index contributed by atoms with van der Waals surface area (Å²) >= 11 is 3.76. The molecule has 0 unspecified atom stereocenters. The fourth-order valence-electron chi connectivity index (χ4n) is 1.03. The van der Waals surface area contributed by atoms with Crippen LogP contribution in [0, 0.1) is 5.92 Å². The Labute approximate surface area is 80.8 Å². The van der Waals surface area contributed by atoms with Gasteiger partial charge < -0.3 is 5.11 Å². The van der Waals surface area contributed by atoms with Crippen LogP contribution in [0.15, 0.2) is 11.6 Å². The van der Waals surface area contributed by atoms with Crippen LogP contribution in [0.5, 0.6) is 0 Å². The third-order valence-electron chi connectivity index (χ3n) is 1.65. The fraction of sp³-hybridized carbons (Fsp3) is 0.625. The second-order valence-corrected chi connectivity index (χ2v) is 5.20. The summed E-state index contributed by atoms with van der Waals surface area (Å²) in [6, 6.07) is 0. The van der Waals surface area contributed by atoms with Gasteiger partial charge in [-0.1, -0.05) is 6.08 Å². The second kappa shape index (κ2) is 4.82. The first-order chi connectivity index (χ1) is 5.70. The predicted molar refractivity (Wildman–Crippen MR) is 54.7 cm³/mol. The van der Waals surface area contributed by atoms with Crippen LogP contribution in [0.2, 0.25) is 0 Å². The average molecular weight is 204 g/mol. The Morgan fingerprint density at radius 2 is 2.08 bits per heavy atom. The molecule has 0 radical (unpaired) electrons. The van der Waals surface area contributed by atoms with E-state index in [1.54, 1.807) is 6.92 Å². The predicted octanol–water partition coefficient (Wildman–Crippen LogP) is 2.07. The number of allylic oxidation sites excluding steroid dienone is 1. The van der Waals surface area contributed by atoms with Gasteiger partial charge in [0.05, 0.1) is 0 Å². The number of thioether (sulfide) groups is 2. The zero-order chi connectivity index (χ0) is 8.97. The quantitative estimate of drug-likeness (QED) is 0.699. The van der Waals surface area contributed by atoms with Crippen LogP contribution in [0.25, 0.3) is 0 Å². The zero-order valence-electron chi connectivity index (χ0n) is 6.95. The summed E-state index contributed by atoms with van der Waals surface area (Å²) in [7, 11) is 0. The molecule has 1 heterocycles. The van der Waals surface area contributed by atoms with Gasteiger partial charge in [0.15, 0.2) is 0 Å². The van der Waals surface area contributed by atoms with E-state index in [4.69, 9.17) is 5.11 Å². The number of carboxylic acids is 1. The summed E-state index contributed by atoms with van der Waals surface area (Å²) in [5, 5.41) is 9.78. The highest BCUT2D eigenvalue weighted by atomic mass is 32.2. The molecule has 0 bridgehead atoms. The first kappa shape index (κ1) is 9.99. The van der Waals surface area contributed by atoms with Gasteiger partial charge in [-0.15, -0.1) is 0 Å². The van der Waals surface area contributed by atoms with E-state index in [1.165, 1.54) is 0 Å². The van der Waals surface area contributed by atoms with Crippen molar-refractivity contribution < 1.29 is 9.90 Å². The van der Waals surface area contributed by atoms with E-state index in [0.717, 1.165) is 16.6 Å². The lowest BCUT2D eigenvalue weighted by molar-refractivity contribution is -0.132. The van der Waals surface area contributed by atoms with Crippen LogP contribution in [-0.4, -0.2) is 27.7 Å². The summed E-state index contributed by atoms with van der Waals surface area (Å²) in [6.45, 7) is 1.66. The fourth-order valence-corrected chi connectivity index (χ4v) is 3.45. The summed E-state index contributed by atoms with van der Waals surface area (Å²) in [4.78, 5) is 10.5. The van der Waals surface area contributed by atoms with E-state index in [2.05, 4.69) is 0 Å². The number of aliphatic carboxylic acids is 1. The molecule has 1 fully saturated rings. The van der Waals surface area contributed by atoms with Crippen molar-refractivity contribution >= 4 is 29.5 Å². The molecule has 2 nitrogen and oxygen atoms in total. The molecule has 1 rings (SSSR count). The third kappa shape index (κ3) is 3.11. The van der Waals surface area contributed by atoms with E-state index in [1.807, 2.05) is 29.6 Å². The van der Waals surface area contributed by atoms with Crippen LogP contribution in [0.4, 0.5) is 0 Å². The molecule has 1 saturated heterocycles. The molecule has 0 aliphatic carbocycles. The Balaban J connectivity index is 2.47. The van der Waals surface area contributed by atoms with Gasteiger partial charge in [-0.3, -0.25) is 0 Å². The molecule has 1 aliphatic heterocycles. The molecule has 4 heteroatoms. The minimum absolute atomic E-state index is 0.449. The van der Waals surface area contributed by atoms with Gasteiger partial charge in [0.25, 0.3) is 0 Å². The first-order valence-corrected chi connectivity index (χ1v) is 6.08. The smallest absolute Gasteiger partial charge is 0.330 e. The van der Waals surface area contributed by atoms with Crippen molar-refractivity contribution in [3.63, 3.8) is 0 Å². The average Bonchev–Trinajstić information content (AvgIpc) is 2.06. The lowest BCUT2D eigenvalue weighted by Gasteiger charge is -2.17. The topological polar surface area (TPSA) is 37.3 Å². The molecule has 0 aromatic heterocycles. The Morgan fingerprint density at radius 1 is 1.50 bits per heavy atom. The van der Waals surface area contributed by atoms with Crippen molar-refractivity contribution in [2.45, 2.75) is 6.92 Å². The maximum atomic E-state index is 10.5. The minimum atomic E-state index is -0.796. The second-order valence-electron chi connectivity index (χ2n) is 2.77. The van der Waals surface area contributed by atoms with E-state index >= 15 is 0 Å². The molecule has 0 aromatic carbocycles. The molecule has 12 heavy (non-hydrogen) atoms. The maximum absolute atomic E-state index is 10.5. The monoisotopic (exact) mass is 204 g/mol. The number of carboxylic acid groups (broad SMARTS) is 1. The highest BCUT2D eigenvalue weighted by molar-refractivity contribution is 8.16. The van der Waals surface area contributed by atoms with Crippen molar-refractivity contribution in [2.24, 2.45) is 5.92 Å². The van der Waals surface area contributed by atoms with Crippen LogP contribution in [0.3, 0.4) is 0 Å². The van der Waals surface area contributed by atoms with Gasteiger partial charge in [0.2, 0.25) is 0 Å². The van der Waals surface area contributed by atoms with E-state index in [-0.39, 0.29) is 0 Å². The van der Waals surface area contributed by atoms with Crippen LogP contribution < -0.4 is 0 Å². The van der Waals surface area contributed by atoms with E-state index in [9.17, 15) is 4.79 Å². The van der Waals surface area contributed by atoms with Gasteiger partial charge in [-0.05, 0) is 12.8 Å². The molecular weight excluding hydrogens is 192 g/mol. The van der Waals surface area contributed by atoms with Gasteiger partial charge >= 0.3 is 5.97 Å². The van der Waals surface area contributed by atoms with Gasteiger partial charge in [-0.2, -0.15) is 23.5 Å². The summed E-state index contributed by atoms with van der Waals surface area (Å²) in [6.07, 6.45) is 1.88. The van der Waals surface area contributed by atoms with E-state index in [0.29, 0.717) is 11.5 Å².